The molecule has 1 aromatic carbocycles. The van der Waals surface area contributed by atoms with Crippen molar-refractivity contribution in [2.24, 2.45) is 0 Å². The van der Waals surface area contributed by atoms with Gasteiger partial charge in [0.2, 0.25) is 0 Å². The van der Waals surface area contributed by atoms with E-state index in [4.69, 9.17) is 0 Å². The van der Waals surface area contributed by atoms with Crippen molar-refractivity contribution in [1.82, 2.24) is 0 Å². The Morgan fingerprint density at radius 1 is 1.21 bits per heavy atom. The number of likely N-dealkylation sites (N-methyl/N-ethyl adjacent to an activating group) is 1. The Morgan fingerprint density at radius 2 is 1.86 bits per heavy atom. The second kappa shape index (κ2) is 3.33. The molecule has 0 saturated carbocycles. The minimum atomic E-state index is 1.06. The maximum absolute atomic E-state index is 4.04. The number of hydrogen-bond donors (Lipinski definition) is 0. The Bertz CT molecular complexity index is 387. The summed E-state index contributed by atoms with van der Waals surface area (Å²) >= 11 is 0. The summed E-state index contributed by atoms with van der Waals surface area (Å²) < 4.78 is 0. The third kappa shape index (κ3) is 1.35. The van der Waals surface area contributed by atoms with Crippen LogP contribution in [0, 0.1) is 0 Å². The SMILES string of the molecule is C=C1CC(C)=C1N(C)c1ccccc1. The third-order valence-electron chi connectivity index (χ3n) is 2.70. The van der Waals surface area contributed by atoms with Gasteiger partial charge in [0.15, 0.2) is 0 Å². The van der Waals surface area contributed by atoms with Crippen molar-refractivity contribution < 1.29 is 0 Å². The van der Waals surface area contributed by atoms with E-state index in [2.05, 4.69) is 49.7 Å². The van der Waals surface area contributed by atoms with E-state index >= 15 is 0 Å². The summed E-state index contributed by atoms with van der Waals surface area (Å²) in [6.07, 6.45) is 1.06. The molecule has 0 fully saturated rings. The van der Waals surface area contributed by atoms with Gasteiger partial charge in [-0.3, -0.25) is 0 Å². The Kier molecular flexibility index (Phi) is 2.16. The van der Waals surface area contributed by atoms with Crippen molar-refractivity contribution in [1.29, 1.82) is 0 Å². The summed E-state index contributed by atoms with van der Waals surface area (Å²) in [4.78, 5) is 2.21. The number of rotatable bonds is 2. The molecule has 1 heteroatoms. The zero-order valence-electron chi connectivity index (χ0n) is 8.75. The summed E-state index contributed by atoms with van der Waals surface area (Å²) in [5.74, 6) is 0. The Balaban J connectivity index is 2.30. The second-order valence-corrected chi connectivity index (χ2v) is 3.80. The molecule has 0 atom stereocenters. The van der Waals surface area contributed by atoms with E-state index < -0.39 is 0 Å². The van der Waals surface area contributed by atoms with Gasteiger partial charge in [-0.05, 0) is 36.6 Å². The van der Waals surface area contributed by atoms with Gasteiger partial charge in [0, 0.05) is 18.4 Å². The van der Waals surface area contributed by atoms with Crippen LogP contribution in [-0.2, 0) is 0 Å². The molecule has 0 saturated heterocycles. The highest BCUT2D eigenvalue weighted by molar-refractivity contribution is 5.61. The molecular weight excluding hydrogens is 170 g/mol. The molecule has 0 aliphatic heterocycles. The molecule has 14 heavy (non-hydrogen) atoms. The van der Waals surface area contributed by atoms with Crippen molar-refractivity contribution in [2.75, 3.05) is 11.9 Å². The van der Waals surface area contributed by atoms with Crippen molar-refractivity contribution in [2.45, 2.75) is 13.3 Å². The molecular formula is C13H15N. The third-order valence-corrected chi connectivity index (χ3v) is 2.70. The summed E-state index contributed by atoms with van der Waals surface area (Å²) in [5.41, 5.74) is 5.20. The molecule has 0 aromatic heterocycles. The van der Waals surface area contributed by atoms with E-state index in [-0.39, 0.29) is 0 Å². The average molecular weight is 185 g/mol. The number of benzene rings is 1. The lowest BCUT2D eigenvalue weighted by Gasteiger charge is -2.33. The van der Waals surface area contributed by atoms with Gasteiger partial charge in [0.05, 0.1) is 0 Å². The molecule has 0 spiro atoms. The summed E-state index contributed by atoms with van der Waals surface area (Å²) in [5, 5.41) is 0. The van der Waals surface area contributed by atoms with Crippen LogP contribution in [0.3, 0.4) is 0 Å². The topological polar surface area (TPSA) is 3.24 Å². The highest BCUT2D eigenvalue weighted by Gasteiger charge is 2.21. The number of hydrogen-bond acceptors (Lipinski definition) is 1. The first-order chi connectivity index (χ1) is 6.70. The van der Waals surface area contributed by atoms with Crippen molar-refractivity contribution in [3.05, 3.63) is 53.8 Å². The van der Waals surface area contributed by atoms with E-state index in [9.17, 15) is 0 Å². The largest absolute Gasteiger partial charge is 0.344 e. The van der Waals surface area contributed by atoms with Crippen LogP contribution in [-0.4, -0.2) is 7.05 Å². The fourth-order valence-corrected chi connectivity index (χ4v) is 1.99. The van der Waals surface area contributed by atoms with E-state index in [1.54, 1.807) is 0 Å². The summed E-state index contributed by atoms with van der Waals surface area (Å²) in [6, 6.07) is 10.4. The predicted octanol–water partition coefficient (Wildman–Crippen LogP) is 3.36. The van der Waals surface area contributed by atoms with Crippen molar-refractivity contribution in [3.8, 4) is 0 Å². The van der Waals surface area contributed by atoms with Crippen LogP contribution in [0.25, 0.3) is 0 Å². The molecule has 1 aliphatic carbocycles. The van der Waals surface area contributed by atoms with E-state index in [1.165, 1.54) is 22.5 Å². The first-order valence-electron chi connectivity index (χ1n) is 4.87. The molecule has 0 N–H and O–H groups in total. The lowest BCUT2D eigenvalue weighted by atomic mass is 9.89. The minimum Gasteiger partial charge on any atom is -0.344 e. The highest BCUT2D eigenvalue weighted by atomic mass is 15.1. The lowest BCUT2D eigenvalue weighted by molar-refractivity contribution is 0.914. The Morgan fingerprint density at radius 3 is 2.36 bits per heavy atom. The monoisotopic (exact) mass is 185 g/mol. The van der Waals surface area contributed by atoms with Crippen LogP contribution in [0.15, 0.2) is 53.8 Å². The smallest absolute Gasteiger partial charge is 0.0430 e. The van der Waals surface area contributed by atoms with Gasteiger partial charge in [0.25, 0.3) is 0 Å². The van der Waals surface area contributed by atoms with Gasteiger partial charge in [0.1, 0.15) is 0 Å². The van der Waals surface area contributed by atoms with Crippen LogP contribution in [0.1, 0.15) is 13.3 Å². The first kappa shape index (κ1) is 9.07. The average Bonchev–Trinajstić information content (AvgIpc) is 2.18. The fraction of sp³-hybridized carbons (Fsp3) is 0.231. The first-order valence-corrected chi connectivity index (χ1v) is 4.87. The van der Waals surface area contributed by atoms with Crippen LogP contribution in [0.2, 0.25) is 0 Å². The molecule has 0 amide bonds. The van der Waals surface area contributed by atoms with Gasteiger partial charge in [-0.1, -0.05) is 24.8 Å². The molecule has 0 heterocycles. The molecule has 2 rings (SSSR count). The van der Waals surface area contributed by atoms with Gasteiger partial charge >= 0.3 is 0 Å². The standard InChI is InChI=1S/C13H15N/c1-10-9-11(2)13(10)14(3)12-7-5-4-6-8-12/h4-8H,1,9H2,2-3H3. The van der Waals surface area contributed by atoms with Gasteiger partial charge < -0.3 is 4.90 Å². The quantitative estimate of drug-likeness (QED) is 0.683. The summed E-state index contributed by atoms with van der Waals surface area (Å²) in [7, 11) is 2.10. The minimum absolute atomic E-state index is 1.06. The second-order valence-electron chi connectivity index (χ2n) is 3.80. The molecule has 0 unspecified atom stereocenters. The van der Waals surface area contributed by atoms with E-state index in [0.717, 1.165) is 6.42 Å². The zero-order chi connectivity index (χ0) is 10.1. The van der Waals surface area contributed by atoms with E-state index in [1.807, 2.05) is 6.07 Å². The van der Waals surface area contributed by atoms with Crippen molar-refractivity contribution in [3.63, 3.8) is 0 Å². The Labute approximate surface area is 85.4 Å². The van der Waals surface area contributed by atoms with Crippen molar-refractivity contribution >= 4 is 5.69 Å². The van der Waals surface area contributed by atoms with Crippen LogP contribution < -0.4 is 4.90 Å². The molecule has 1 aliphatic rings. The maximum Gasteiger partial charge on any atom is 0.0430 e. The zero-order valence-corrected chi connectivity index (χ0v) is 8.75. The van der Waals surface area contributed by atoms with Crippen LogP contribution in [0.5, 0.6) is 0 Å². The molecule has 0 radical (unpaired) electrons. The molecule has 1 aromatic rings. The normalized spacial score (nSPS) is 15.4. The van der Waals surface area contributed by atoms with Crippen LogP contribution in [0.4, 0.5) is 5.69 Å². The Hall–Kier alpha value is -1.50. The lowest BCUT2D eigenvalue weighted by Crippen LogP contribution is -2.24. The van der Waals surface area contributed by atoms with E-state index in [0.29, 0.717) is 0 Å². The molecule has 1 nitrogen and oxygen atoms in total. The van der Waals surface area contributed by atoms with Gasteiger partial charge in [-0.25, -0.2) is 0 Å². The number of nitrogens with zero attached hydrogens (tertiary/aromatic N) is 1. The molecule has 72 valence electrons. The predicted molar refractivity (Wildman–Crippen MR) is 61.3 cm³/mol. The maximum atomic E-state index is 4.04. The number of para-hydroxylation sites is 1. The van der Waals surface area contributed by atoms with Gasteiger partial charge in [-0.15, -0.1) is 0 Å². The fourth-order valence-electron chi connectivity index (χ4n) is 1.99. The highest BCUT2D eigenvalue weighted by Crippen LogP contribution is 2.36. The number of allylic oxidation sites excluding steroid dienone is 2. The summed E-state index contributed by atoms with van der Waals surface area (Å²) in [6.45, 7) is 6.21. The van der Waals surface area contributed by atoms with Crippen LogP contribution >= 0.6 is 0 Å². The molecule has 0 bridgehead atoms. The van der Waals surface area contributed by atoms with Gasteiger partial charge in [-0.2, -0.15) is 0 Å². The number of anilines is 1.